The number of non-ortho nitro benzene ring substituents is 2. The fraction of sp³-hybridized carbons (Fsp3) is 0. The van der Waals surface area contributed by atoms with Crippen LogP contribution in [0.5, 0.6) is 0 Å². The Bertz CT molecular complexity index is 1950. The number of hydrogen-bond donors (Lipinski definition) is 0. The van der Waals surface area contributed by atoms with Crippen molar-refractivity contribution in [1.82, 2.24) is 8.61 Å². The van der Waals surface area contributed by atoms with E-state index in [0.717, 1.165) is 32.9 Å². The minimum absolute atomic E-state index is 0.0433. The number of carbonyl (C=O) groups is 3. The Hall–Kier alpha value is -5.87. The third kappa shape index (κ3) is 5.07. The number of fused-ring (bicyclic) bond motifs is 3. The first kappa shape index (κ1) is 29.2. The quantitative estimate of drug-likeness (QED) is 0.0629. The van der Waals surface area contributed by atoms with E-state index in [9.17, 15) is 44.7 Å². The molecule has 4 aromatic carbocycles. The molecule has 1 fully saturated rings. The number of barbiturate groups is 1. The monoisotopic (exact) mass is 641 g/mol. The average Bonchev–Trinajstić information content (AvgIpc) is 3.35. The summed E-state index contributed by atoms with van der Waals surface area (Å²) in [5, 5.41) is 35.7. The summed E-state index contributed by atoms with van der Waals surface area (Å²) in [6.45, 7) is 0. The SMILES string of the molecule is O=C1C(=C2c3cc([N+](=O)[O-])ccc3-c3c2cc([N+](=O)[O-])cc3[N+](=O)[O-])C(=O)N(Sc2ccccc2)C(=O)N1Sc1ccccc1. The van der Waals surface area contributed by atoms with Crippen molar-refractivity contribution in [2.75, 3.05) is 0 Å². The predicted octanol–water partition coefficient (Wildman–Crippen LogP) is 6.40. The number of amides is 4. The molecule has 1 aliphatic heterocycles. The number of rotatable bonds is 7. The lowest BCUT2D eigenvalue weighted by Gasteiger charge is -2.32. The molecule has 0 radical (unpaired) electrons. The van der Waals surface area contributed by atoms with Crippen molar-refractivity contribution in [3.63, 3.8) is 0 Å². The first-order chi connectivity index (χ1) is 21.6. The molecule has 14 nitrogen and oxygen atoms in total. The number of hydrogen-bond acceptors (Lipinski definition) is 11. The predicted molar refractivity (Wildman–Crippen MR) is 162 cm³/mol. The second kappa shape index (κ2) is 11.3. The van der Waals surface area contributed by atoms with Crippen molar-refractivity contribution >= 4 is 64.4 Å². The third-order valence-electron chi connectivity index (χ3n) is 6.81. The number of nitro groups is 3. The Morgan fingerprint density at radius 1 is 0.533 bits per heavy atom. The fourth-order valence-corrected chi connectivity index (χ4v) is 6.62. The van der Waals surface area contributed by atoms with E-state index in [1.165, 1.54) is 6.07 Å². The van der Waals surface area contributed by atoms with Crippen LogP contribution in [0, 0.1) is 30.3 Å². The number of nitro benzene ring substituents is 3. The number of benzene rings is 4. The van der Waals surface area contributed by atoms with Crippen LogP contribution in [0.2, 0.25) is 0 Å². The van der Waals surface area contributed by atoms with Gasteiger partial charge >= 0.3 is 6.03 Å². The van der Waals surface area contributed by atoms with E-state index in [1.54, 1.807) is 60.7 Å². The molecule has 1 saturated heterocycles. The van der Waals surface area contributed by atoms with Crippen molar-refractivity contribution in [1.29, 1.82) is 0 Å². The van der Waals surface area contributed by atoms with Crippen molar-refractivity contribution < 1.29 is 29.2 Å². The van der Waals surface area contributed by atoms with Crippen LogP contribution >= 0.6 is 23.9 Å². The van der Waals surface area contributed by atoms with Crippen LogP contribution in [0.1, 0.15) is 11.1 Å². The Morgan fingerprint density at radius 3 is 1.53 bits per heavy atom. The number of nitrogens with zero attached hydrogens (tertiary/aromatic N) is 5. The molecule has 4 amide bonds. The summed E-state index contributed by atoms with van der Waals surface area (Å²) < 4.78 is 1.46. The van der Waals surface area contributed by atoms with Crippen LogP contribution in [-0.4, -0.2) is 41.2 Å². The second-order valence-electron chi connectivity index (χ2n) is 9.43. The molecule has 4 aromatic rings. The molecular weight excluding hydrogens is 626 g/mol. The Labute approximate surface area is 260 Å². The van der Waals surface area contributed by atoms with Gasteiger partial charge in [-0.25, -0.2) is 4.79 Å². The summed E-state index contributed by atoms with van der Waals surface area (Å²) in [4.78, 5) is 76.3. The van der Waals surface area contributed by atoms with E-state index in [2.05, 4.69) is 0 Å². The lowest BCUT2D eigenvalue weighted by molar-refractivity contribution is -0.393. The Kier molecular flexibility index (Phi) is 7.35. The van der Waals surface area contributed by atoms with Crippen molar-refractivity contribution in [3.05, 3.63) is 138 Å². The van der Waals surface area contributed by atoms with Gasteiger partial charge in [0.1, 0.15) is 5.57 Å². The van der Waals surface area contributed by atoms with Crippen LogP contribution in [0.15, 0.2) is 106 Å². The highest BCUT2D eigenvalue weighted by Gasteiger charge is 2.48. The smallest absolute Gasteiger partial charge is 0.267 e. The lowest BCUT2D eigenvalue weighted by atomic mass is 9.95. The standard InChI is InChI=1S/C29H15N5O9S2/c35-27-26(28(36)31(45-19-9-5-2-6-10-19)29(37)30(27)44-18-7-3-1-4-8-18)25-21-13-16(32(38)39)11-12-20(21)24-22(25)14-17(33(40)41)15-23(24)34(42)43/h1-15H. The molecule has 222 valence electrons. The molecule has 0 atom stereocenters. The van der Waals surface area contributed by atoms with E-state index in [1.807, 2.05) is 0 Å². The highest BCUT2D eigenvalue weighted by atomic mass is 32.2. The third-order valence-corrected chi connectivity index (χ3v) is 8.78. The number of carbonyl (C=O) groups excluding carboxylic acids is 3. The van der Waals surface area contributed by atoms with E-state index >= 15 is 0 Å². The first-order valence-electron chi connectivity index (χ1n) is 12.8. The van der Waals surface area contributed by atoms with Gasteiger partial charge in [0.25, 0.3) is 28.9 Å². The van der Waals surface area contributed by atoms with Crippen LogP contribution in [0.25, 0.3) is 16.7 Å². The van der Waals surface area contributed by atoms with Gasteiger partial charge in [-0.15, -0.1) is 0 Å². The summed E-state index contributed by atoms with van der Waals surface area (Å²) in [5.41, 5.74) is -3.31. The summed E-state index contributed by atoms with van der Waals surface area (Å²) in [5.74, 6) is -2.23. The van der Waals surface area contributed by atoms with Crippen LogP contribution in [0.3, 0.4) is 0 Å². The lowest BCUT2D eigenvalue weighted by Crippen LogP contribution is -2.51. The van der Waals surface area contributed by atoms with Crippen molar-refractivity contribution in [2.24, 2.45) is 0 Å². The molecule has 0 bridgehead atoms. The van der Waals surface area contributed by atoms with Crippen LogP contribution in [-0.2, 0) is 9.59 Å². The van der Waals surface area contributed by atoms with Gasteiger partial charge in [-0.1, -0.05) is 36.4 Å². The van der Waals surface area contributed by atoms with Gasteiger partial charge in [0.2, 0.25) is 0 Å². The molecule has 0 unspecified atom stereocenters. The summed E-state index contributed by atoms with van der Waals surface area (Å²) in [6.07, 6.45) is 0. The Balaban J connectivity index is 1.66. The summed E-state index contributed by atoms with van der Waals surface area (Å²) in [7, 11) is 0. The highest BCUT2D eigenvalue weighted by Crippen LogP contribution is 2.53. The molecule has 1 aliphatic carbocycles. The molecule has 6 rings (SSSR count). The van der Waals surface area contributed by atoms with E-state index < -0.39 is 55.3 Å². The topological polar surface area (TPSA) is 187 Å². The molecule has 0 spiro atoms. The number of imide groups is 2. The normalized spacial score (nSPS) is 14.0. The zero-order valence-electron chi connectivity index (χ0n) is 22.4. The zero-order chi connectivity index (χ0) is 32.0. The molecule has 16 heteroatoms. The first-order valence-corrected chi connectivity index (χ1v) is 14.3. The van der Waals surface area contributed by atoms with Gasteiger partial charge in [-0.05, 0) is 65.4 Å². The van der Waals surface area contributed by atoms with Gasteiger partial charge in [0, 0.05) is 39.1 Å². The van der Waals surface area contributed by atoms with E-state index in [-0.39, 0.29) is 27.8 Å². The Morgan fingerprint density at radius 2 is 1.04 bits per heavy atom. The van der Waals surface area contributed by atoms with Gasteiger partial charge in [0.15, 0.2) is 0 Å². The molecular formula is C29H15N5O9S2. The summed E-state index contributed by atoms with van der Waals surface area (Å²) in [6, 6.07) is 20.7. The summed E-state index contributed by atoms with van der Waals surface area (Å²) >= 11 is 1.43. The minimum atomic E-state index is -1.11. The molecule has 1 heterocycles. The maximum absolute atomic E-state index is 14.2. The van der Waals surface area contributed by atoms with Crippen LogP contribution < -0.4 is 0 Å². The second-order valence-corrected chi connectivity index (χ2v) is 11.5. The van der Waals surface area contributed by atoms with E-state index in [0.29, 0.717) is 33.7 Å². The van der Waals surface area contributed by atoms with Crippen molar-refractivity contribution in [2.45, 2.75) is 9.79 Å². The molecule has 0 aromatic heterocycles. The minimum Gasteiger partial charge on any atom is -0.267 e. The number of urea groups is 1. The van der Waals surface area contributed by atoms with Crippen LogP contribution in [0.4, 0.5) is 21.9 Å². The van der Waals surface area contributed by atoms with E-state index in [4.69, 9.17) is 0 Å². The van der Waals surface area contributed by atoms with Gasteiger partial charge < -0.3 is 0 Å². The average molecular weight is 642 g/mol. The maximum atomic E-state index is 14.2. The molecule has 0 N–H and O–H groups in total. The largest absolute Gasteiger partial charge is 0.355 e. The van der Waals surface area contributed by atoms with Crippen molar-refractivity contribution in [3.8, 4) is 11.1 Å². The highest BCUT2D eigenvalue weighted by molar-refractivity contribution is 7.99. The van der Waals surface area contributed by atoms with Gasteiger partial charge in [-0.3, -0.25) is 39.9 Å². The molecule has 0 saturated carbocycles. The zero-order valence-corrected chi connectivity index (χ0v) is 24.0. The maximum Gasteiger partial charge on any atom is 0.355 e. The molecule has 2 aliphatic rings. The van der Waals surface area contributed by atoms with Gasteiger partial charge in [-0.2, -0.15) is 8.61 Å². The van der Waals surface area contributed by atoms with Gasteiger partial charge in [0.05, 0.1) is 26.4 Å². The molecule has 45 heavy (non-hydrogen) atoms. The fourth-order valence-electron chi connectivity index (χ4n) is 4.93.